The van der Waals surface area contributed by atoms with Crippen LogP contribution in [0.15, 0.2) is 24.8 Å². The second-order valence-electron chi connectivity index (χ2n) is 5.46. The van der Waals surface area contributed by atoms with Crippen molar-refractivity contribution in [2.45, 2.75) is 45.7 Å². The van der Waals surface area contributed by atoms with E-state index in [4.69, 9.17) is 16.3 Å². The van der Waals surface area contributed by atoms with Gasteiger partial charge in [0.25, 0.3) is 0 Å². The highest BCUT2D eigenvalue weighted by atomic mass is 35.5. The van der Waals surface area contributed by atoms with E-state index in [1.54, 1.807) is 6.07 Å². The molecule has 0 unspecified atom stereocenters. The number of nitrogens with zero attached hydrogens (tertiary/aromatic N) is 1. The lowest BCUT2D eigenvalue weighted by Gasteiger charge is -2.20. The molecule has 19 heavy (non-hydrogen) atoms. The predicted octanol–water partition coefficient (Wildman–Crippen LogP) is 3.97. The van der Waals surface area contributed by atoms with Gasteiger partial charge < -0.3 is 10.1 Å². The molecule has 4 heteroatoms. The second-order valence-corrected chi connectivity index (χ2v) is 5.87. The SMILES string of the molecule is C=CCCCOc1ccc(Cl)c(CNC(C)(C)C)n1. The number of aromatic nitrogens is 1. The summed E-state index contributed by atoms with van der Waals surface area (Å²) in [5, 5.41) is 4.03. The van der Waals surface area contributed by atoms with Crippen LogP contribution in [-0.2, 0) is 6.54 Å². The molecule has 106 valence electrons. The number of allylic oxidation sites excluding steroid dienone is 1. The smallest absolute Gasteiger partial charge is 0.213 e. The summed E-state index contributed by atoms with van der Waals surface area (Å²) in [6, 6.07) is 3.63. The van der Waals surface area contributed by atoms with Gasteiger partial charge in [-0.2, -0.15) is 0 Å². The monoisotopic (exact) mass is 282 g/mol. The number of rotatable bonds is 7. The Morgan fingerprint density at radius 1 is 1.42 bits per heavy atom. The molecule has 0 aliphatic heterocycles. The van der Waals surface area contributed by atoms with Crippen LogP contribution in [0.4, 0.5) is 0 Å². The summed E-state index contributed by atoms with van der Waals surface area (Å²) in [6.07, 6.45) is 3.78. The maximum Gasteiger partial charge on any atom is 0.213 e. The van der Waals surface area contributed by atoms with Gasteiger partial charge in [-0.25, -0.2) is 4.98 Å². The number of unbranched alkanes of at least 4 members (excludes halogenated alkanes) is 1. The van der Waals surface area contributed by atoms with Gasteiger partial charge in [0.2, 0.25) is 5.88 Å². The molecule has 0 bridgehead atoms. The van der Waals surface area contributed by atoms with Crippen LogP contribution in [0.25, 0.3) is 0 Å². The summed E-state index contributed by atoms with van der Waals surface area (Å²) in [7, 11) is 0. The highest BCUT2D eigenvalue weighted by Crippen LogP contribution is 2.19. The minimum absolute atomic E-state index is 0.0336. The summed E-state index contributed by atoms with van der Waals surface area (Å²) in [5.41, 5.74) is 0.851. The summed E-state index contributed by atoms with van der Waals surface area (Å²) in [6.45, 7) is 11.3. The number of ether oxygens (including phenoxy) is 1. The lowest BCUT2D eigenvalue weighted by molar-refractivity contribution is 0.298. The Bertz CT molecular complexity index is 413. The van der Waals surface area contributed by atoms with Gasteiger partial charge in [0.05, 0.1) is 17.3 Å². The molecule has 0 atom stereocenters. The molecule has 0 fully saturated rings. The standard InChI is InChI=1S/C15H23ClN2O/c1-5-6-7-10-19-14-9-8-12(16)13(18-14)11-17-15(2,3)4/h5,8-9,17H,1,6-7,10-11H2,2-4H3. The highest BCUT2D eigenvalue weighted by molar-refractivity contribution is 6.31. The van der Waals surface area contributed by atoms with Gasteiger partial charge in [-0.3, -0.25) is 0 Å². The van der Waals surface area contributed by atoms with Crippen molar-refractivity contribution in [2.24, 2.45) is 0 Å². The first kappa shape index (κ1) is 16.0. The van der Waals surface area contributed by atoms with Crippen LogP contribution in [0.5, 0.6) is 5.88 Å². The molecule has 0 aliphatic rings. The number of hydrogen-bond donors (Lipinski definition) is 1. The first-order valence-corrected chi connectivity index (χ1v) is 6.94. The zero-order chi connectivity index (χ0) is 14.3. The summed E-state index contributed by atoms with van der Waals surface area (Å²) in [5.74, 6) is 0.624. The highest BCUT2D eigenvalue weighted by Gasteiger charge is 2.11. The third-order valence-corrected chi connectivity index (χ3v) is 2.83. The molecule has 0 saturated heterocycles. The number of nitrogens with one attached hydrogen (secondary N) is 1. The van der Waals surface area contributed by atoms with Gasteiger partial charge >= 0.3 is 0 Å². The minimum Gasteiger partial charge on any atom is -0.478 e. The lowest BCUT2D eigenvalue weighted by Crippen LogP contribution is -2.35. The molecule has 0 aromatic carbocycles. The van der Waals surface area contributed by atoms with E-state index in [1.807, 2.05) is 12.1 Å². The molecule has 1 heterocycles. The van der Waals surface area contributed by atoms with E-state index in [-0.39, 0.29) is 5.54 Å². The fraction of sp³-hybridized carbons (Fsp3) is 0.533. The quantitative estimate of drug-likeness (QED) is 0.607. The fourth-order valence-electron chi connectivity index (χ4n) is 1.42. The average molecular weight is 283 g/mol. The van der Waals surface area contributed by atoms with E-state index in [9.17, 15) is 0 Å². The van der Waals surface area contributed by atoms with Crippen molar-refractivity contribution in [1.82, 2.24) is 10.3 Å². The van der Waals surface area contributed by atoms with Crippen molar-refractivity contribution in [3.8, 4) is 5.88 Å². The molecule has 1 aromatic heterocycles. The van der Waals surface area contributed by atoms with Crippen molar-refractivity contribution < 1.29 is 4.74 Å². The molecular weight excluding hydrogens is 260 g/mol. The van der Waals surface area contributed by atoms with Crippen molar-refractivity contribution in [3.63, 3.8) is 0 Å². The van der Waals surface area contributed by atoms with Crippen LogP contribution >= 0.6 is 11.6 Å². The Balaban J connectivity index is 2.58. The summed E-state index contributed by atoms with van der Waals surface area (Å²) >= 11 is 6.14. The van der Waals surface area contributed by atoms with E-state index in [0.29, 0.717) is 24.1 Å². The third kappa shape index (κ3) is 6.60. The number of hydrogen-bond acceptors (Lipinski definition) is 3. The van der Waals surface area contributed by atoms with Gasteiger partial charge in [-0.15, -0.1) is 6.58 Å². The van der Waals surface area contributed by atoms with Gasteiger partial charge in [0.15, 0.2) is 0 Å². The first-order chi connectivity index (χ1) is 8.92. The van der Waals surface area contributed by atoms with Crippen molar-refractivity contribution in [1.29, 1.82) is 0 Å². The van der Waals surface area contributed by atoms with E-state index in [2.05, 4.69) is 37.7 Å². The average Bonchev–Trinajstić information content (AvgIpc) is 2.34. The van der Waals surface area contributed by atoms with Gasteiger partial charge in [0.1, 0.15) is 0 Å². The fourth-order valence-corrected chi connectivity index (χ4v) is 1.59. The molecule has 3 nitrogen and oxygen atoms in total. The lowest BCUT2D eigenvalue weighted by atomic mass is 10.1. The maximum absolute atomic E-state index is 6.14. The predicted molar refractivity (Wildman–Crippen MR) is 80.8 cm³/mol. The van der Waals surface area contributed by atoms with Crippen LogP contribution in [0.1, 0.15) is 39.3 Å². The van der Waals surface area contributed by atoms with E-state index in [0.717, 1.165) is 18.5 Å². The van der Waals surface area contributed by atoms with E-state index < -0.39 is 0 Å². The maximum atomic E-state index is 6.14. The molecule has 1 N–H and O–H groups in total. The number of halogens is 1. The Hall–Kier alpha value is -1.06. The Morgan fingerprint density at radius 2 is 2.16 bits per heavy atom. The van der Waals surface area contributed by atoms with Crippen LogP contribution in [0.3, 0.4) is 0 Å². The Labute approximate surface area is 121 Å². The van der Waals surface area contributed by atoms with Crippen molar-refractivity contribution in [2.75, 3.05) is 6.61 Å². The normalized spacial score (nSPS) is 11.4. The third-order valence-electron chi connectivity index (χ3n) is 2.48. The second kappa shape index (κ2) is 7.51. The van der Waals surface area contributed by atoms with Gasteiger partial charge in [-0.05, 0) is 39.7 Å². The molecule has 0 amide bonds. The van der Waals surface area contributed by atoms with Crippen LogP contribution in [0, 0.1) is 0 Å². The molecular formula is C15H23ClN2O. The van der Waals surface area contributed by atoms with Crippen molar-refractivity contribution >= 4 is 11.6 Å². The topological polar surface area (TPSA) is 34.1 Å². The molecule has 1 rings (SSSR count). The largest absolute Gasteiger partial charge is 0.478 e. The van der Waals surface area contributed by atoms with Gasteiger partial charge in [0, 0.05) is 18.2 Å². The zero-order valence-electron chi connectivity index (χ0n) is 12.0. The first-order valence-electron chi connectivity index (χ1n) is 6.56. The molecule has 0 spiro atoms. The zero-order valence-corrected chi connectivity index (χ0v) is 12.8. The number of pyridine rings is 1. The van der Waals surface area contributed by atoms with Crippen LogP contribution < -0.4 is 10.1 Å². The van der Waals surface area contributed by atoms with Crippen molar-refractivity contribution in [3.05, 3.63) is 35.5 Å². The van der Waals surface area contributed by atoms with Crippen LogP contribution in [-0.4, -0.2) is 17.1 Å². The summed E-state index contributed by atoms with van der Waals surface area (Å²) in [4.78, 5) is 4.43. The van der Waals surface area contributed by atoms with Crippen LogP contribution in [0.2, 0.25) is 5.02 Å². The molecule has 0 radical (unpaired) electrons. The molecule has 1 aromatic rings. The van der Waals surface area contributed by atoms with E-state index in [1.165, 1.54) is 0 Å². The molecule has 0 aliphatic carbocycles. The van der Waals surface area contributed by atoms with Gasteiger partial charge in [-0.1, -0.05) is 17.7 Å². The van der Waals surface area contributed by atoms with E-state index >= 15 is 0 Å². The summed E-state index contributed by atoms with van der Waals surface area (Å²) < 4.78 is 5.59. The molecule has 0 saturated carbocycles. The Morgan fingerprint density at radius 3 is 2.79 bits per heavy atom. The Kier molecular flexibility index (Phi) is 6.32. The minimum atomic E-state index is 0.0336.